The maximum Gasteiger partial charge on any atom is 0.243 e. The van der Waals surface area contributed by atoms with Crippen LogP contribution in [0.3, 0.4) is 0 Å². The Balaban J connectivity index is 1.39. The van der Waals surface area contributed by atoms with Crippen molar-refractivity contribution in [3.63, 3.8) is 0 Å². The molecule has 3 heterocycles. The molecule has 0 radical (unpaired) electrons. The molecule has 8 nitrogen and oxygen atoms in total. The van der Waals surface area contributed by atoms with Crippen molar-refractivity contribution in [3.05, 3.63) is 11.7 Å². The summed E-state index contributed by atoms with van der Waals surface area (Å²) >= 11 is 0. The van der Waals surface area contributed by atoms with E-state index in [9.17, 15) is 5.11 Å². The molecule has 1 aromatic rings. The van der Waals surface area contributed by atoms with E-state index < -0.39 is 0 Å². The minimum atomic E-state index is -0.300. The molecule has 0 aliphatic carbocycles. The molecular weight excluding hydrogens is 310 g/mol. The first kappa shape index (κ1) is 17.8. The van der Waals surface area contributed by atoms with Crippen LogP contribution in [0.5, 0.6) is 0 Å². The Labute approximate surface area is 143 Å². The van der Waals surface area contributed by atoms with E-state index in [1.54, 1.807) is 0 Å². The summed E-state index contributed by atoms with van der Waals surface area (Å²) in [6, 6.07) is 0.145. The molecule has 3 rings (SSSR count). The number of piperazine rings is 1. The topological polar surface area (TPSA) is 78.1 Å². The highest BCUT2D eigenvalue weighted by molar-refractivity contribution is 4.92. The molecule has 2 atom stereocenters. The fourth-order valence-electron chi connectivity index (χ4n) is 3.41. The lowest BCUT2D eigenvalue weighted by Gasteiger charge is -2.38. The normalized spacial score (nSPS) is 24.1. The highest BCUT2D eigenvalue weighted by Gasteiger charge is 2.26. The number of aromatic nitrogens is 2. The predicted octanol–water partition coefficient (Wildman–Crippen LogP) is -0.250. The Hall–Kier alpha value is -1.06. The zero-order chi connectivity index (χ0) is 16.9. The van der Waals surface area contributed by atoms with Gasteiger partial charge in [-0.05, 0) is 13.8 Å². The number of aliphatic hydroxyl groups is 1. The molecule has 2 aliphatic rings. The van der Waals surface area contributed by atoms with Gasteiger partial charge in [-0.15, -0.1) is 0 Å². The van der Waals surface area contributed by atoms with E-state index in [1.807, 2.05) is 6.92 Å². The first-order valence-electron chi connectivity index (χ1n) is 8.86. The van der Waals surface area contributed by atoms with Crippen LogP contribution in [0, 0.1) is 6.92 Å². The van der Waals surface area contributed by atoms with Crippen LogP contribution in [0.15, 0.2) is 4.52 Å². The number of hydrogen-bond donors (Lipinski definition) is 1. The molecule has 0 spiro atoms. The van der Waals surface area contributed by atoms with E-state index in [4.69, 9.17) is 9.26 Å². The van der Waals surface area contributed by atoms with Crippen LogP contribution in [0.2, 0.25) is 0 Å². The van der Waals surface area contributed by atoms with Gasteiger partial charge in [-0.3, -0.25) is 14.7 Å². The quantitative estimate of drug-likeness (QED) is 0.760. The third-order valence-electron chi connectivity index (χ3n) is 4.90. The number of β-amino-alcohol motifs (C(OH)–C–C–N with tert-alkyl or cyclic N) is 1. The summed E-state index contributed by atoms with van der Waals surface area (Å²) in [5, 5.41) is 14.2. The maximum absolute atomic E-state index is 10.3. The van der Waals surface area contributed by atoms with Crippen LogP contribution in [0.1, 0.15) is 24.7 Å². The Morgan fingerprint density at radius 2 is 1.67 bits per heavy atom. The van der Waals surface area contributed by atoms with Gasteiger partial charge in [0, 0.05) is 52.4 Å². The molecule has 136 valence electrons. The summed E-state index contributed by atoms with van der Waals surface area (Å²) in [6.07, 6.45) is -0.300. The Morgan fingerprint density at radius 1 is 1.04 bits per heavy atom. The van der Waals surface area contributed by atoms with Gasteiger partial charge in [0.2, 0.25) is 5.89 Å². The van der Waals surface area contributed by atoms with E-state index in [2.05, 4.69) is 31.8 Å². The van der Waals surface area contributed by atoms with Crippen LogP contribution in [-0.2, 0) is 4.74 Å². The van der Waals surface area contributed by atoms with Gasteiger partial charge in [-0.2, -0.15) is 4.98 Å². The molecule has 2 aliphatic heterocycles. The first-order valence-corrected chi connectivity index (χ1v) is 8.86. The standard InChI is InChI=1S/C16H29N5O3/c1-13(16-17-14(2)18-24-16)21-5-3-19(4-6-21)11-15(22)12-20-7-9-23-10-8-20/h13,15,22H,3-12H2,1-2H3/t13-,15-/m1/s1. The number of hydrogen-bond acceptors (Lipinski definition) is 8. The highest BCUT2D eigenvalue weighted by Crippen LogP contribution is 2.20. The zero-order valence-corrected chi connectivity index (χ0v) is 14.7. The van der Waals surface area contributed by atoms with Crippen LogP contribution in [0.25, 0.3) is 0 Å². The van der Waals surface area contributed by atoms with Gasteiger partial charge in [0.05, 0.1) is 25.4 Å². The molecule has 0 aromatic carbocycles. The van der Waals surface area contributed by atoms with Gasteiger partial charge >= 0.3 is 0 Å². The Bertz CT molecular complexity index is 498. The van der Waals surface area contributed by atoms with E-state index in [0.717, 1.165) is 65.6 Å². The van der Waals surface area contributed by atoms with Crippen molar-refractivity contribution in [2.24, 2.45) is 0 Å². The zero-order valence-electron chi connectivity index (χ0n) is 14.7. The first-order chi connectivity index (χ1) is 11.6. The largest absolute Gasteiger partial charge is 0.390 e. The molecule has 0 amide bonds. The number of ether oxygens (including phenoxy) is 1. The van der Waals surface area contributed by atoms with Gasteiger partial charge < -0.3 is 14.4 Å². The van der Waals surface area contributed by atoms with E-state index in [0.29, 0.717) is 11.7 Å². The molecule has 1 N–H and O–H groups in total. The van der Waals surface area contributed by atoms with Gasteiger partial charge in [0.15, 0.2) is 5.82 Å². The lowest BCUT2D eigenvalue weighted by atomic mass is 10.2. The van der Waals surface area contributed by atoms with Crippen molar-refractivity contribution in [1.29, 1.82) is 0 Å². The van der Waals surface area contributed by atoms with Crippen LogP contribution < -0.4 is 0 Å². The molecule has 2 saturated heterocycles. The van der Waals surface area contributed by atoms with E-state index in [1.165, 1.54) is 0 Å². The van der Waals surface area contributed by atoms with Gasteiger partial charge in [0.1, 0.15) is 0 Å². The fraction of sp³-hybridized carbons (Fsp3) is 0.875. The molecule has 0 saturated carbocycles. The predicted molar refractivity (Wildman–Crippen MR) is 88.7 cm³/mol. The van der Waals surface area contributed by atoms with E-state index in [-0.39, 0.29) is 12.1 Å². The van der Waals surface area contributed by atoms with Crippen LogP contribution >= 0.6 is 0 Å². The van der Waals surface area contributed by atoms with Crippen molar-refractivity contribution < 1.29 is 14.4 Å². The summed E-state index contributed by atoms with van der Waals surface area (Å²) in [5.41, 5.74) is 0. The van der Waals surface area contributed by atoms with Crippen molar-refractivity contribution in [1.82, 2.24) is 24.8 Å². The number of aliphatic hydroxyl groups excluding tert-OH is 1. The lowest BCUT2D eigenvalue weighted by molar-refractivity contribution is 0.0000253. The Kier molecular flexibility index (Phi) is 6.18. The summed E-state index contributed by atoms with van der Waals surface area (Å²) in [5.74, 6) is 1.37. The van der Waals surface area contributed by atoms with Gasteiger partial charge in [-0.25, -0.2) is 0 Å². The molecule has 1 aromatic heterocycles. The van der Waals surface area contributed by atoms with Crippen LogP contribution in [-0.4, -0.2) is 102 Å². The third kappa shape index (κ3) is 4.73. The number of aryl methyl sites for hydroxylation is 1. The molecule has 8 heteroatoms. The Morgan fingerprint density at radius 3 is 2.25 bits per heavy atom. The number of nitrogens with zero attached hydrogens (tertiary/aromatic N) is 5. The second kappa shape index (κ2) is 8.35. The fourth-order valence-corrected chi connectivity index (χ4v) is 3.41. The van der Waals surface area contributed by atoms with Gasteiger partial charge in [-0.1, -0.05) is 5.16 Å². The molecule has 2 fully saturated rings. The van der Waals surface area contributed by atoms with Crippen molar-refractivity contribution in [2.45, 2.75) is 26.0 Å². The summed E-state index contributed by atoms with van der Waals surface area (Å²) < 4.78 is 10.6. The molecule has 0 unspecified atom stereocenters. The minimum Gasteiger partial charge on any atom is -0.390 e. The molecular formula is C16H29N5O3. The summed E-state index contributed by atoms with van der Waals surface area (Å²) in [6.45, 7) is 12.6. The van der Waals surface area contributed by atoms with Gasteiger partial charge in [0.25, 0.3) is 0 Å². The maximum atomic E-state index is 10.3. The lowest BCUT2D eigenvalue weighted by Crippen LogP contribution is -2.51. The van der Waals surface area contributed by atoms with Crippen molar-refractivity contribution in [2.75, 3.05) is 65.6 Å². The second-order valence-electron chi connectivity index (χ2n) is 6.76. The number of rotatable bonds is 6. The van der Waals surface area contributed by atoms with E-state index >= 15 is 0 Å². The SMILES string of the molecule is Cc1noc([C@@H](C)N2CCN(C[C@@H](O)CN3CCOCC3)CC2)n1. The summed E-state index contributed by atoms with van der Waals surface area (Å²) in [4.78, 5) is 11.3. The average molecular weight is 339 g/mol. The second-order valence-corrected chi connectivity index (χ2v) is 6.76. The third-order valence-corrected chi connectivity index (χ3v) is 4.90. The van der Waals surface area contributed by atoms with Crippen molar-refractivity contribution >= 4 is 0 Å². The molecule has 0 bridgehead atoms. The highest BCUT2D eigenvalue weighted by atomic mass is 16.5. The average Bonchev–Trinajstić information content (AvgIpc) is 3.02. The van der Waals surface area contributed by atoms with Crippen LogP contribution in [0.4, 0.5) is 0 Å². The number of morpholine rings is 1. The monoisotopic (exact) mass is 339 g/mol. The smallest absolute Gasteiger partial charge is 0.243 e. The minimum absolute atomic E-state index is 0.145. The molecule has 24 heavy (non-hydrogen) atoms. The van der Waals surface area contributed by atoms with Crippen molar-refractivity contribution in [3.8, 4) is 0 Å². The summed E-state index contributed by atoms with van der Waals surface area (Å²) in [7, 11) is 0.